The number of likely N-dealkylation sites (N-methyl/N-ethyl adjacent to an activating group) is 1. The number of urea groups is 1. The molecule has 0 aromatic heterocycles. The lowest BCUT2D eigenvalue weighted by molar-refractivity contribution is -0.143. The van der Waals surface area contributed by atoms with Crippen LogP contribution in [-0.4, -0.2) is 71.0 Å². The zero-order valence-corrected chi connectivity index (χ0v) is 16.5. The fourth-order valence-corrected chi connectivity index (χ4v) is 3.88. The van der Waals surface area contributed by atoms with Gasteiger partial charge in [0.25, 0.3) is 5.91 Å². The first-order valence-corrected chi connectivity index (χ1v) is 10.5. The molecule has 1 aromatic rings. The van der Waals surface area contributed by atoms with E-state index in [0.29, 0.717) is 11.5 Å². The highest BCUT2D eigenvalue weighted by Gasteiger charge is 2.49. The van der Waals surface area contributed by atoms with Crippen LogP contribution in [0.3, 0.4) is 0 Å². The number of nitrogens with zero attached hydrogens (tertiary/aromatic N) is 3. The number of nitrogens with one attached hydrogen (secondary N) is 1. The number of amides is 4. The third-order valence-electron chi connectivity index (χ3n) is 4.86. The predicted octanol–water partition coefficient (Wildman–Crippen LogP) is 0.112. The summed E-state index contributed by atoms with van der Waals surface area (Å²) >= 11 is 0. The van der Waals surface area contributed by atoms with Gasteiger partial charge in [-0.15, -0.1) is 4.28 Å². The minimum absolute atomic E-state index is 0.0799. The van der Waals surface area contributed by atoms with E-state index in [4.69, 9.17) is 4.55 Å². The van der Waals surface area contributed by atoms with Gasteiger partial charge in [0, 0.05) is 13.1 Å². The molecule has 2 fully saturated rings. The molecule has 2 atom stereocenters. The van der Waals surface area contributed by atoms with Crippen molar-refractivity contribution in [2.75, 3.05) is 13.1 Å². The molecule has 29 heavy (non-hydrogen) atoms. The van der Waals surface area contributed by atoms with Gasteiger partial charge >= 0.3 is 16.4 Å². The Morgan fingerprint density at radius 2 is 1.97 bits per heavy atom. The maximum atomic E-state index is 12.7. The van der Waals surface area contributed by atoms with Crippen molar-refractivity contribution in [1.29, 1.82) is 0 Å². The topological polar surface area (TPSA) is 137 Å². The molecule has 12 heteroatoms. The Bertz CT molecular complexity index is 892. The summed E-state index contributed by atoms with van der Waals surface area (Å²) in [5.74, 6) is -0.849. The van der Waals surface area contributed by atoms with Crippen LogP contribution in [0.15, 0.2) is 30.3 Å². The van der Waals surface area contributed by atoms with E-state index in [1.165, 1.54) is 9.91 Å². The molecule has 4 amide bonds. The fourth-order valence-electron chi connectivity index (χ4n) is 3.50. The highest BCUT2D eigenvalue weighted by atomic mass is 32.3. The molecular formula is C17H22N4O7S. The fraction of sp³-hybridized carbons (Fsp3) is 0.471. The molecule has 0 radical (unpaired) electrons. The van der Waals surface area contributed by atoms with Gasteiger partial charge in [0.15, 0.2) is 0 Å². The largest absolute Gasteiger partial charge is 0.418 e. The molecule has 1 aromatic carbocycles. The van der Waals surface area contributed by atoms with Gasteiger partial charge in [-0.2, -0.15) is 13.5 Å². The van der Waals surface area contributed by atoms with Gasteiger partial charge in [-0.1, -0.05) is 30.3 Å². The average Bonchev–Trinajstić information content (AvgIpc) is 2.90. The Morgan fingerprint density at radius 3 is 2.59 bits per heavy atom. The van der Waals surface area contributed by atoms with Gasteiger partial charge in [-0.3, -0.25) is 24.6 Å². The van der Waals surface area contributed by atoms with Crippen molar-refractivity contribution in [2.24, 2.45) is 0 Å². The van der Waals surface area contributed by atoms with Crippen molar-refractivity contribution in [2.45, 2.75) is 38.3 Å². The third-order valence-corrected chi connectivity index (χ3v) is 5.21. The Balaban J connectivity index is 1.64. The van der Waals surface area contributed by atoms with Crippen molar-refractivity contribution in [3.8, 4) is 0 Å². The van der Waals surface area contributed by atoms with Crippen LogP contribution in [0.25, 0.3) is 0 Å². The van der Waals surface area contributed by atoms with E-state index in [2.05, 4.69) is 9.71 Å². The molecular weight excluding hydrogens is 404 g/mol. The van der Waals surface area contributed by atoms with Crippen LogP contribution in [0.5, 0.6) is 0 Å². The van der Waals surface area contributed by atoms with Gasteiger partial charge in [0.05, 0.1) is 12.5 Å². The van der Waals surface area contributed by atoms with E-state index in [9.17, 15) is 22.8 Å². The molecule has 2 aliphatic rings. The van der Waals surface area contributed by atoms with E-state index in [-0.39, 0.29) is 31.8 Å². The molecule has 0 spiro atoms. The number of hydrogen-bond acceptors (Lipinski definition) is 6. The average molecular weight is 426 g/mol. The summed E-state index contributed by atoms with van der Waals surface area (Å²) in [6.45, 7) is 2.03. The van der Waals surface area contributed by atoms with E-state index in [1.54, 1.807) is 6.92 Å². The number of hydrazine groups is 1. The monoisotopic (exact) mass is 426 g/mol. The first-order valence-electron chi connectivity index (χ1n) is 9.11. The first-order chi connectivity index (χ1) is 13.7. The summed E-state index contributed by atoms with van der Waals surface area (Å²) in [7, 11) is -4.86. The van der Waals surface area contributed by atoms with Crippen LogP contribution in [-0.2, 0) is 30.7 Å². The number of carbonyl (C=O) groups excluding carboxylic acids is 3. The molecule has 2 N–H and O–H groups in total. The van der Waals surface area contributed by atoms with E-state index in [1.807, 2.05) is 30.3 Å². The summed E-state index contributed by atoms with van der Waals surface area (Å²) in [4.78, 5) is 38.8. The van der Waals surface area contributed by atoms with Crippen LogP contribution >= 0.6 is 0 Å². The standard InChI is InChI=1S/C17H22N4O7S/c1-2-20(15(22)10-12-6-4-3-5-7-12)18-16(23)14-9-8-13-11-19(14)17(24)21(13)28-29(25,26)27/h3-7,13-14H,2,8-11H2,1H3,(H,18,23)(H,25,26,27)/t13-,14+/m1/s1. The molecule has 0 aliphatic carbocycles. The number of fused-ring (bicyclic) bond motifs is 2. The van der Waals surface area contributed by atoms with E-state index in [0.717, 1.165) is 5.56 Å². The Hall–Kier alpha value is -2.70. The van der Waals surface area contributed by atoms with Crippen molar-refractivity contribution in [3.63, 3.8) is 0 Å². The second-order valence-corrected chi connectivity index (χ2v) is 7.79. The van der Waals surface area contributed by atoms with Crippen LogP contribution < -0.4 is 5.43 Å². The van der Waals surface area contributed by atoms with Crippen LogP contribution in [0.1, 0.15) is 25.3 Å². The summed E-state index contributed by atoms with van der Waals surface area (Å²) in [6, 6.07) is 6.78. The Kier molecular flexibility index (Phi) is 6.05. The number of hydrogen-bond donors (Lipinski definition) is 2. The minimum Gasteiger partial charge on any atom is -0.309 e. The minimum atomic E-state index is -4.86. The van der Waals surface area contributed by atoms with Crippen LogP contribution in [0, 0.1) is 0 Å². The number of benzene rings is 1. The van der Waals surface area contributed by atoms with E-state index < -0.39 is 34.4 Å². The summed E-state index contributed by atoms with van der Waals surface area (Å²) in [6.07, 6.45) is 0.679. The molecule has 11 nitrogen and oxygen atoms in total. The van der Waals surface area contributed by atoms with E-state index >= 15 is 0 Å². The lowest BCUT2D eigenvalue weighted by atomic mass is 10.0. The third kappa shape index (κ3) is 4.83. The first kappa shape index (κ1) is 21.0. The van der Waals surface area contributed by atoms with Crippen molar-refractivity contribution >= 4 is 28.2 Å². The van der Waals surface area contributed by atoms with Gasteiger partial charge in [0.1, 0.15) is 6.04 Å². The Morgan fingerprint density at radius 1 is 1.28 bits per heavy atom. The molecule has 158 valence electrons. The van der Waals surface area contributed by atoms with Gasteiger partial charge in [-0.25, -0.2) is 4.79 Å². The Labute approximate surface area is 168 Å². The van der Waals surface area contributed by atoms with Gasteiger partial charge in [0.2, 0.25) is 5.91 Å². The van der Waals surface area contributed by atoms with Gasteiger partial charge in [-0.05, 0) is 25.3 Å². The second kappa shape index (κ2) is 8.35. The lowest BCUT2D eigenvalue weighted by Gasteiger charge is -2.31. The lowest BCUT2D eigenvalue weighted by Crippen LogP contribution is -2.55. The SMILES string of the molecule is CCN(NC(=O)[C@@H]1CC[C@@H]2CN1C(=O)N2OS(=O)(=O)O)C(=O)Cc1ccccc1. The van der Waals surface area contributed by atoms with Crippen molar-refractivity contribution in [3.05, 3.63) is 35.9 Å². The van der Waals surface area contributed by atoms with Gasteiger partial charge < -0.3 is 4.90 Å². The van der Waals surface area contributed by atoms with Crippen LogP contribution in [0.4, 0.5) is 4.79 Å². The molecule has 2 heterocycles. The molecule has 3 rings (SSSR count). The molecule has 2 aliphatic heterocycles. The normalized spacial score (nSPS) is 21.2. The van der Waals surface area contributed by atoms with Crippen molar-refractivity contribution in [1.82, 2.24) is 20.4 Å². The predicted molar refractivity (Wildman–Crippen MR) is 99.1 cm³/mol. The highest BCUT2D eigenvalue weighted by Crippen LogP contribution is 2.30. The molecule has 0 unspecified atom stereocenters. The summed E-state index contributed by atoms with van der Waals surface area (Å²) in [5, 5.41) is 1.76. The summed E-state index contributed by atoms with van der Waals surface area (Å²) in [5.41, 5.74) is 3.35. The maximum absolute atomic E-state index is 12.7. The van der Waals surface area contributed by atoms with Crippen molar-refractivity contribution < 1.29 is 31.6 Å². The quantitative estimate of drug-likeness (QED) is 0.487. The molecule has 2 bridgehead atoms. The number of rotatable bonds is 6. The molecule has 2 saturated heterocycles. The number of carbonyl (C=O) groups is 3. The highest BCUT2D eigenvalue weighted by molar-refractivity contribution is 7.80. The smallest absolute Gasteiger partial charge is 0.309 e. The zero-order chi connectivity index (χ0) is 21.2. The number of hydroxylamine groups is 2. The number of piperidine rings is 1. The molecule has 0 saturated carbocycles. The maximum Gasteiger partial charge on any atom is 0.418 e. The second-order valence-electron chi connectivity index (χ2n) is 6.79. The zero-order valence-electron chi connectivity index (χ0n) is 15.7. The summed E-state index contributed by atoms with van der Waals surface area (Å²) < 4.78 is 35.1. The van der Waals surface area contributed by atoms with Crippen LogP contribution in [0.2, 0.25) is 0 Å².